The minimum Gasteiger partial charge on any atom is -0.403 e. The highest BCUT2D eigenvalue weighted by Gasteiger charge is 2.06. The van der Waals surface area contributed by atoms with Crippen molar-refractivity contribution in [2.75, 3.05) is 30.0 Å². The molecule has 0 saturated heterocycles. The lowest BCUT2D eigenvalue weighted by molar-refractivity contribution is 0.307. The van der Waals surface area contributed by atoms with Crippen LogP contribution in [-0.4, -0.2) is 40.7 Å². The summed E-state index contributed by atoms with van der Waals surface area (Å²) >= 11 is 7.87. The zero-order valence-corrected chi connectivity index (χ0v) is 15.9. The number of aliphatic hydroxyl groups is 1. The lowest BCUT2D eigenvalue weighted by Gasteiger charge is -2.11. The molecule has 26 heavy (non-hydrogen) atoms. The molecule has 0 atom stereocenters. The Balaban J connectivity index is 2.06. The molecule has 0 unspecified atom stereocenters. The van der Waals surface area contributed by atoms with Crippen LogP contribution in [0.5, 0.6) is 0 Å². The quantitative estimate of drug-likeness (QED) is 0.383. The molecule has 0 spiro atoms. The Kier molecular flexibility index (Phi) is 8.20. The Morgan fingerprint density at radius 3 is 3.04 bits per heavy atom. The topological polar surface area (TPSA) is 108 Å². The van der Waals surface area contributed by atoms with Gasteiger partial charge < -0.3 is 21.5 Å². The zero-order valence-electron chi connectivity index (χ0n) is 14.3. The largest absolute Gasteiger partial charge is 0.403 e. The molecule has 0 aliphatic rings. The first kappa shape index (κ1) is 20.0. The van der Waals surface area contributed by atoms with E-state index in [9.17, 15) is 0 Å². The number of nitrogens with two attached hydrogens (primary N) is 1. The van der Waals surface area contributed by atoms with Crippen LogP contribution >= 0.6 is 23.4 Å². The molecule has 1 aromatic heterocycles. The van der Waals surface area contributed by atoms with Crippen LogP contribution in [-0.2, 0) is 6.54 Å². The third-order valence-electron chi connectivity index (χ3n) is 3.23. The Labute approximate surface area is 161 Å². The smallest absolute Gasteiger partial charge is 0.229 e. The molecule has 2 aromatic rings. The van der Waals surface area contributed by atoms with Gasteiger partial charge in [0.2, 0.25) is 5.95 Å². The molecule has 138 valence electrons. The zero-order chi connectivity index (χ0) is 18.8. The van der Waals surface area contributed by atoms with Crippen LogP contribution in [0.25, 0.3) is 0 Å². The molecule has 0 amide bonds. The van der Waals surface area contributed by atoms with Gasteiger partial charge in [0, 0.05) is 23.9 Å². The minimum atomic E-state index is -0.0302. The van der Waals surface area contributed by atoms with Crippen LogP contribution in [0.2, 0.25) is 5.02 Å². The average Bonchev–Trinajstić information content (AvgIpc) is 2.67. The van der Waals surface area contributed by atoms with Crippen molar-refractivity contribution in [3.63, 3.8) is 0 Å². The second-order valence-electron chi connectivity index (χ2n) is 5.10. The molecule has 0 aliphatic carbocycles. The molecule has 0 radical (unpaired) electrons. The van der Waals surface area contributed by atoms with Gasteiger partial charge in [-0.05, 0) is 24.0 Å². The molecular formula is C17H21ClN6OS. The second kappa shape index (κ2) is 10.6. The van der Waals surface area contributed by atoms with Crippen LogP contribution in [0.15, 0.2) is 52.2 Å². The Morgan fingerprint density at radius 1 is 1.46 bits per heavy atom. The van der Waals surface area contributed by atoms with Gasteiger partial charge in [-0.2, -0.15) is 4.98 Å². The number of anilines is 2. The van der Waals surface area contributed by atoms with Gasteiger partial charge in [-0.25, -0.2) is 4.98 Å². The van der Waals surface area contributed by atoms with E-state index >= 15 is 0 Å². The van der Waals surface area contributed by atoms with E-state index in [-0.39, 0.29) is 6.61 Å². The van der Waals surface area contributed by atoms with E-state index in [2.05, 4.69) is 37.7 Å². The summed E-state index contributed by atoms with van der Waals surface area (Å²) < 4.78 is 0. The number of aromatic nitrogens is 2. The summed E-state index contributed by atoms with van der Waals surface area (Å²) in [5.74, 6) is 0.851. The second-order valence-corrected chi connectivity index (χ2v) is 6.39. The summed E-state index contributed by atoms with van der Waals surface area (Å²) in [6.45, 7) is 0.849. The maximum Gasteiger partial charge on any atom is 0.229 e. The van der Waals surface area contributed by atoms with E-state index in [1.54, 1.807) is 11.8 Å². The number of halogens is 1. The van der Waals surface area contributed by atoms with Gasteiger partial charge >= 0.3 is 0 Å². The molecule has 1 aromatic carbocycles. The lowest BCUT2D eigenvalue weighted by Crippen LogP contribution is -2.09. The Hall–Kier alpha value is -2.29. The molecule has 9 heteroatoms. The fourth-order valence-corrected chi connectivity index (χ4v) is 2.63. The molecule has 5 N–H and O–H groups in total. The fraction of sp³-hybridized carbons (Fsp3) is 0.235. The van der Waals surface area contributed by atoms with E-state index in [0.717, 1.165) is 5.56 Å². The predicted octanol–water partition coefficient (Wildman–Crippen LogP) is 2.74. The first-order chi connectivity index (χ1) is 12.7. The van der Waals surface area contributed by atoms with Gasteiger partial charge in [0.1, 0.15) is 5.02 Å². The van der Waals surface area contributed by atoms with Crippen molar-refractivity contribution in [1.29, 1.82) is 0 Å². The van der Waals surface area contributed by atoms with Gasteiger partial charge in [-0.3, -0.25) is 4.99 Å². The molecule has 1 heterocycles. The first-order valence-corrected chi connectivity index (χ1v) is 9.45. The van der Waals surface area contributed by atoms with Gasteiger partial charge in [-0.1, -0.05) is 23.7 Å². The number of hydrogen-bond acceptors (Lipinski definition) is 8. The summed E-state index contributed by atoms with van der Waals surface area (Å²) in [5.41, 5.74) is 7.19. The van der Waals surface area contributed by atoms with E-state index in [4.69, 9.17) is 22.4 Å². The number of nitrogens with zero attached hydrogens (tertiary/aromatic N) is 3. The first-order valence-electron chi connectivity index (χ1n) is 7.85. The average molecular weight is 393 g/mol. The van der Waals surface area contributed by atoms with Crippen molar-refractivity contribution >= 4 is 41.3 Å². The Bertz CT molecular complexity index is 784. The van der Waals surface area contributed by atoms with Crippen molar-refractivity contribution in [3.05, 3.63) is 52.9 Å². The van der Waals surface area contributed by atoms with E-state index in [1.165, 1.54) is 23.5 Å². The van der Waals surface area contributed by atoms with E-state index in [1.807, 2.05) is 18.4 Å². The van der Waals surface area contributed by atoms with Gasteiger partial charge in [0.15, 0.2) is 5.82 Å². The fourth-order valence-electron chi connectivity index (χ4n) is 1.99. The normalized spacial score (nSPS) is 11.7. The number of aliphatic hydroxyl groups excluding tert-OH is 1. The van der Waals surface area contributed by atoms with Crippen LogP contribution in [0.3, 0.4) is 0 Å². The number of hydrogen-bond donors (Lipinski definition) is 4. The number of thioether (sulfide) groups is 1. The standard InChI is InChI=1S/C17H21ClN6OS/c1-26-14-4-2-3-12(7-14)9-21-16-15(18)11-22-17(24-16)23-13(8-19)10-20-5-6-25/h2-4,7-8,10-11,25H,5-6,9,19H2,1H3,(H2,21,22,23,24). The summed E-state index contributed by atoms with van der Waals surface area (Å²) in [6.07, 6.45) is 6.41. The minimum absolute atomic E-state index is 0.0302. The number of aliphatic imine (C=N–C) groups is 1. The Morgan fingerprint density at radius 2 is 2.31 bits per heavy atom. The van der Waals surface area contributed by atoms with Crippen molar-refractivity contribution < 1.29 is 5.11 Å². The SMILES string of the molecule is CSc1cccc(CNc2nc(NC(C=NCCO)=CN)ncc2Cl)c1. The molecule has 7 nitrogen and oxygen atoms in total. The molecule has 0 bridgehead atoms. The maximum absolute atomic E-state index is 8.76. The van der Waals surface area contributed by atoms with Crippen molar-refractivity contribution in [1.82, 2.24) is 9.97 Å². The number of rotatable bonds is 9. The highest BCUT2D eigenvalue weighted by Crippen LogP contribution is 2.21. The summed E-state index contributed by atoms with van der Waals surface area (Å²) in [5, 5.41) is 15.3. The van der Waals surface area contributed by atoms with E-state index in [0.29, 0.717) is 35.6 Å². The molecular weight excluding hydrogens is 372 g/mol. The third kappa shape index (κ3) is 6.21. The number of allylic oxidation sites excluding steroid dienone is 1. The highest BCUT2D eigenvalue weighted by molar-refractivity contribution is 7.98. The summed E-state index contributed by atoms with van der Waals surface area (Å²) in [7, 11) is 0. The maximum atomic E-state index is 8.76. The van der Waals surface area contributed by atoms with Crippen LogP contribution in [0.4, 0.5) is 11.8 Å². The van der Waals surface area contributed by atoms with Crippen molar-refractivity contribution in [3.8, 4) is 0 Å². The van der Waals surface area contributed by atoms with E-state index < -0.39 is 0 Å². The number of nitrogens with one attached hydrogen (secondary N) is 2. The van der Waals surface area contributed by atoms with Crippen LogP contribution < -0.4 is 16.4 Å². The molecule has 2 rings (SSSR count). The third-order valence-corrected chi connectivity index (χ3v) is 4.24. The van der Waals surface area contributed by atoms with Gasteiger partial charge in [0.25, 0.3) is 0 Å². The highest BCUT2D eigenvalue weighted by atomic mass is 35.5. The monoisotopic (exact) mass is 392 g/mol. The number of benzene rings is 1. The van der Waals surface area contributed by atoms with Crippen molar-refractivity contribution in [2.24, 2.45) is 10.7 Å². The van der Waals surface area contributed by atoms with Gasteiger partial charge in [0.05, 0.1) is 25.0 Å². The molecule has 0 saturated carbocycles. The van der Waals surface area contributed by atoms with Gasteiger partial charge in [-0.15, -0.1) is 11.8 Å². The molecule has 0 fully saturated rings. The lowest BCUT2D eigenvalue weighted by atomic mass is 10.2. The predicted molar refractivity (Wildman–Crippen MR) is 109 cm³/mol. The van der Waals surface area contributed by atoms with Crippen LogP contribution in [0, 0.1) is 0 Å². The van der Waals surface area contributed by atoms with Crippen molar-refractivity contribution in [2.45, 2.75) is 11.4 Å². The summed E-state index contributed by atoms with van der Waals surface area (Å²) in [4.78, 5) is 13.7. The summed E-state index contributed by atoms with van der Waals surface area (Å²) in [6, 6.07) is 8.22. The van der Waals surface area contributed by atoms with Crippen LogP contribution in [0.1, 0.15) is 5.56 Å². The molecule has 0 aliphatic heterocycles.